The average Bonchev–Trinajstić information content (AvgIpc) is 2.62. The molecule has 0 radical (unpaired) electrons. The van der Waals surface area contributed by atoms with Crippen LogP contribution in [-0.2, 0) is 4.79 Å². The Hall–Kier alpha value is -2.09. The molecule has 0 aliphatic carbocycles. The second-order valence-electron chi connectivity index (χ2n) is 5.64. The van der Waals surface area contributed by atoms with Crippen LogP contribution < -0.4 is 10.6 Å². The van der Waals surface area contributed by atoms with Crippen molar-refractivity contribution in [2.75, 3.05) is 12.0 Å². The van der Waals surface area contributed by atoms with E-state index in [-0.39, 0.29) is 23.2 Å². The van der Waals surface area contributed by atoms with Gasteiger partial charge >= 0.3 is 0 Å². The molecule has 0 fully saturated rings. The topological polar surface area (TPSA) is 101 Å². The minimum Gasteiger partial charge on any atom is -0.352 e. The van der Waals surface area contributed by atoms with Crippen LogP contribution in [0.15, 0.2) is 24.3 Å². The van der Waals surface area contributed by atoms with Gasteiger partial charge in [0.05, 0.1) is 4.92 Å². The number of benzene rings is 1. The summed E-state index contributed by atoms with van der Waals surface area (Å²) in [7, 11) is 0. The molecule has 138 valence electrons. The lowest BCUT2D eigenvalue weighted by Gasteiger charge is -2.22. The van der Waals surface area contributed by atoms with E-state index in [1.165, 1.54) is 24.3 Å². The Morgan fingerprint density at radius 1 is 1.24 bits per heavy atom. The third-order valence-corrected chi connectivity index (χ3v) is 4.53. The molecule has 0 spiro atoms. The van der Waals surface area contributed by atoms with E-state index in [4.69, 9.17) is 0 Å². The van der Waals surface area contributed by atoms with Gasteiger partial charge in [-0.25, -0.2) is 0 Å². The summed E-state index contributed by atoms with van der Waals surface area (Å²) in [6.07, 6.45) is 4.05. The fourth-order valence-corrected chi connectivity index (χ4v) is 2.77. The predicted molar refractivity (Wildman–Crippen MR) is 99.9 cm³/mol. The van der Waals surface area contributed by atoms with E-state index in [0.29, 0.717) is 6.42 Å². The first-order valence-electron chi connectivity index (χ1n) is 8.27. The zero-order chi connectivity index (χ0) is 18.8. The Morgan fingerprint density at radius 2 is 1.92 bits per heavy atom. The first-order valence-corrected chi connectivity index (χ1v) is 9.66. The summed E-state index contributed by atoms with van der Waals surface area (Å²) in [6, 6.07) is 4.88. The van der Waals surface area contributed by atoms with E-state index < -0.39 is 16.9 Å². The van der Waals surface area contributed by atoms with E-state index in [1.807, 2.05) is 20.1 Å². The number of nitrogens with one attached hydrogen (secondary N) is 2. The summed E-state index contributed by atoms with van der Waals surface area (Å²) in [5.74, 6) is 0.00646. The number of thioether (sulfide) groups is 1. The SMILES string of the molecule is CCC(CC)NC(=O)C(CCSC)NC(=O)c1cccc([N+](=O)[O-])c1. The van der Waals surface area contributed by atoms with Gasteiger partial charge in [-0.05, 0) is 37.3 Å². The molecule has 2 amide bonds. The molecule has 0 aromatic heterocycles. The summed E-state index contributed by atoms with van der Waals surface area (Å²) in [5.41, 5.74) is 0.00785. The second-order valence-corrected chi connectivity index (χ2v) is 6.62. The van der Waals surface area contributed by atoms with Crippen LogP contribution in [0.25, 0.3) is 0 Å². The highest BCUT2D eigenvalue weighted by Crippen LogP contribution is 2.13. The van der Waals surface area contributed by atoms with Gasteiger partial charge in [0.15, 0.2) is 0 Å². The van der Waals surface area contributed by atoms with Crippen LogP contribution in [0, 0.1) is 10.1 Å². The largest absolute Gasteiger partial charge is 0.352 e. The summed E-state index contributed by atoms with van der Waals surface area (Å²) < 4.78 is 0. The summed E-state index contributed by atoms with van der Waals surface area (Å²) in [4.78, 5) is 35.2. The van der Waals surface area contributed by atoms with Gasteiger partial charge in [0.25, 0.3) is 11.6 Å². The molecule has 0 aliphatic rings. The van der Waals surface area contributed by atoms with Crippen LogP contribution in [0.5, 0.6) is 0 Å². The number of nitrogens with zero attached hydrogens (tertiary/aromatic N) is 1. The molecular formula is C17H25N3O4S. The van der Waals surface area contributed by atoms with Crippen molar-refractivity contribution < 1.29 is 14.5 Å². The maximum absolute atomic E-state index is 12.5. The molecule has 1 rings (SSSR count). The lowest BCUT2D eigenvalue weighted by Crippen LogP contribution is -2.49. The van der Waals surface area contributed by atoms with E-state index in [9.17, 15) is 19.7 Å². The number of nitro benzene ring substituents is 1. The Kier molecular flexibility index (Phi) is 8.98. The second kappa shape index (κ2) is 10.7. The zero-order valence-electron chi connectivity index (χ0n) is 14.8. The normalized spacial score (nSPS) is 11.8. The fourth-order valence-electron chi connectivity index (χ4n) is 2.30. The summed E-state index contributed by atoms with van der Waals surface area (Å²) >= 11 is 1.59. The van der Waals surface area contributed by atoms with Crippen LogP contribution in [0.1, 0.15) is 43.5 Å². The number of hydrogen-bond acceptors (Lipinski definition) is 5. The molecule has 0 saturated heterocycles. The van der Waals surface area contributed by atoms with Crippen molar-refractivity contribution in [3.8, 4) is 0 Å². The molecule has 0 saturated carbocycles. The first-order chi connectivity index (χ1) is 11.9. The monoisotopic (exact) mass is 367 g/mol. The minimum absolute atomic E-state index is 0.0685. The smallest absolute Gasteiger partial charge is 0.270 e. The highest BCUT2D eigenvalue weighted by Gasteiger charge is 2.23. The Labute approximate surface area is 152 Å². The maximum atomic E-state index is 12.5. The fraction of sp³-hybridized carbons (Fsp3) is 0.529. The minimum atomic E-state index is -0.667. The molecule has 2 N–H and O–H groups in total. The van der Waals surface area contributed by atoms with Crippen LogP contribution in [-0.4, -0.2) is 40.8 Å². The maximum Gasteiger partial charge on any atom is 0.270 e. The van der Waals surface area contributed by atoms with Crippen LogP contribution in [0.4, 0.5) is 5.69 Å². The third kappa shape index (κ3) is 6.74. The molecular weight excluding hydrogens is 342 g/mol. The highest BCUT2D eigenvalue weighted by molar-refractivity contribution is 7.98. The van der Waals surface area contributed by atoms with Crippen LogP contribution in [0.3, 0.4) is 0 Å². The van der Waals surface area contributed by atoms with Gasteiger partial charge in [0.1, 0.15) is 6.04 Å². The Morgan fingerprint density at radius 3 is 2.48 bits per heavy atom. The van der Waals surface area contributed by atoms with Gasteiger partial charge < -0.3 is 10.6 Å². The van der Waals surface area contributed by atoms with Gasteiger partial charge in [-0.15, -0.1) is 0 Å². The molecule has 1 aromatic rings. The number of carbonyl (C=O) groups excluding carboxylic acids is 2. The molecule has 1 unspecified atom stereocenters. The summed E-state index contributed by atoms with van der Waals surface area (Å²) in [5, 5.41) is 16.5. The molecule has 0 aliphatic heterocycles. The number of rotatable bonds is 10. The Balaban J connectivity index is 2.86. The number of amides is 2. The number of hydrogen-bond donors (Lipinski definition) is 2. The average molecular weight is 367 g/mol. The standard InChI is InChI=1S/C17H25N3O4S/c1-4-13(5-2)18-17(22)15(9-10-25-3)19-16(21)12-7-6-8-14(11-12)20(23)24/h6-8,11,13,15H,4-5,9-10H2,1-3H3,(H,18,22)(H,19,21). The van der Waals surface area contributed by atoms with E-state index in [2.05, 4.69) is 10.6 Å². The van der Waals surface area contributed by atoms with E-state index in [1.54, 1.807) is 11.8 Å². The van der Waals surface area contributed by atoms with Gasteiger partial charge in [0.2, 0.25) is 5.91 Å². The van der Waals surface area contributed by atoms with Crippen LogP contribution in [0.2, 0.25) is 0 Å². The molecule has 0 heterocycles. The van der Waals surface area contributed by atoms with Crippen molar-refractivity contribution >= 4 is 29.3 Å². The number of carbonyl (C=O) groups is 2. The lowest BCUT2D eigenvalue weighted by atomic mass is 10.1. The third-order valence-electron chi connectivity index (χ3n) is 3.88. The van der Waals surface area contributed by atoms with Crippen molar-refractivity contribution in [3.63, 3.8) is 0 Å². The van der Waals surface area contributed by atoms with Crippen molar-refractivity contribution in [1.82, 2.24) is 10.6 Å². The van der Waals surface area contributed by atoms with Gasteiger partial charge in [-0.2, -0.15) is 11.8 Å². The first kappa shape index (κ1) is 21.0. The van der Waals surface area contributed by atoms with E-state index >= 15 is 0 Å². The molecule has 25 heavy (non-hydrogen) atoms. The van der Waals surface area contributed by atoms with Gasteiger partial charge in [-0.1, -0.05) is 19.9 Å². The van der Waals surface area contributed by atoms with Crippen molar-refractivity contribution in [2.24, 2.45) is 0 Å². The number of nitro groups is 1. The predicted octanol–water partition coefficient (Wildman–Crippen LogP) is 2.75. The van der Waals surface area contributed by atoms with E-state index in [0.717, 1.165) is 18.6 Å². The van der Waals surface area contributed by atoms with Crippen molar-refractivity contribution in [1.29, 1.82) is 0 Å². The van der Waals surface area contributed by atoms with Gasteiger partial charge in [0, 0.05) is 23.7 Å². The van der Waals surface area contributed by atoms with Gasteiger partial charge in [-0.3, -0.25) is 19.7 Å². The Bertz CT molecular complexity index is 605. The molecule has 8 heteroatoms. The molecule has 0 bridgehead atoms. The molecule has 1 aromatic carbocycles. The van der Waals surface area contributed by atoms with Crippen molar-refractivity contribution in [2.45, 2.75) is 45.2 Å². The number of non-ortho nitro benzene ring substituents is 1. The summed E-state index contributed by atoms with van der Waals surface area (Å²) in [6.45, 7) is 3.99. The zero-order valence-corrected chi connectivity index (χ0v) is 15.6. The molecule has 7 nitrogen and oxygen atoms in total. The lowest BCUT2D eigenvalue weighted by molar-refractivity contribution is -0.384. The molecule has 1 atom stereocenters. The highest BCUT2D eigenvalue weighted by atomic mass is 32.2. The van der Waals surface area contributed by atoms with Crippen molar-refractivity contribution in [3.05, 3.63) is 39.9 Å². The quantitative estimate of drug-likeness (QED) is 0.489. The van der Waals surface area contributed by atoms with Crippen LogP contribution >= 0.6 is 11.8 Å².